The molecular formula is C27H34N2O5. The number of hydrogen-bond donors (Lipinski definition) is 3. The molecule has 0 bridgehead atoms. The molecule has 0 radical (unpaired) electrons. The lowest BCUT2D eigenvalue weighted by Gasteiger charge is -2.19. The van der Waals surface area contributed by atoms with Gasteiger partial charge in [0.1, 0.15) is 6.61 Å². The Labute approximate surface area is 200 Å². The van der Waals surface area contributed by atoms with Gasteiger partial charge >= 0.3 is 12.1 Å². The van der Waals surface area contributed by atoms with Gasteiger partial charge in [-0.3, -0.25) is 9.59 Å². The van der Waals surface area contributed by atoms with Crippen molar-refractivity contribution in [1.29, 1.82) is 0 Å². The maximum atomic E-state index is 12.4. The number of ether oxygens (including phenoxy) is 1. The minimum absolute atomic E-state index is 0.0227. The Morgan fingerprint density at radius 3 is 2.21 bits per heavy atom. The van der Waals surface area contributed by atoms with E-state index in [1.165, 1.54) is 22.3 Å². The van der Waals surface area contributed by atoms with Gasteiger partial charge in [-0.05, 0) is 47.9 Å². The normalized spacial score (nSPS) is 13.9. The number of rotatable bonds is 12. The van der Waals surface area contributed by atoms with Crippen LogP contribution in [0.1, 0.15) is 63.0 Å². The van der Waals surface area contributed by atoms with Crippen molar-refractivity contribution in [2.45, 2.75) is 57.9 Å². The summed E-state index contributed by atoms with van der Waals surface area (Å²) in [4.78, 5) is 35.4. The van der Waals surface area contributed by atoms with Crippen LogP contribution in [0.3, 0.4) is 0 Å². The predicted octanol–water partition coefficient (Wildman–Crippen LogP) is 4.70. The molecule has 2 aromatic rings. The van der Waals surface area contributed by atoms with Crippen molar-refractivity contribution in [1.82, 2.24) is 10.6 Å². The van der Waals surface area contributed by atoms with Crippen molar-refractivity contribution in [3.63, 3.8) is 0 Å². The largest absolute Gasteiger partial charge is 0.481 e. The molecule has 1 aliphatic rings. The first-order chi connectivity index (χ1) is 16.4. The molecule has 0 saturated carbocycles. The molecule has 0 fully saturated rings. The summed E-state index contributed by atoms with van der Waals surface area (Å²) in [6.07, 6.45) is 1.95. The second-order valence-electron chi connectivity index (χ2n) is 8.84. The fourth-order valence-corrected chi connectivity index (χ4v) is 4.40. The average molecular weight is 467 g/mol. The van der Waals surface area contributed by atoms with Gasteiger partial charge in [-0.2, -0.15) is 0 Å². The van der Waals surface area contributed by atoms with Crippen molar-refractivity contribution in [3.05, 3.63) is 59.7 Å². The van der Waals surface area contributed by atoms with Gasteiger partial charge in [0, 0.05) is 30.8 Å². The van der Waals surface area contributed by atoms with Crippen LogP contribution in [0, 0.1) is 5.92 Å². The van der Waals surface area contributed by atoms with E-state index >= 15 is 0 Å². The molecular weight excluding hydrogens is 432 g/mol. The van der Waals surface area contributed by atoms with E-state index in [4.69, 9.17) is 9.84 Å². The molecule has 0 aromatic heterocycles. The maximum absolute atomic E-state index is 12.4. The monoisotopic (exact) mass is 466 g/mol. The Kier molecular flexibility index (Phi) is 9.08. The Hall–Kier alpha value is -3.35. The molecule has 0 aliphatic heterocycles. The lowest BCUT2D eigenvalue weighted by Crippen LogP contribution is -2.38. The third kappa shape index (κ3) is 6.59. The highest BCUT2D eigenvalue weighted by molar-refractivity contribution is 5.79. The topological polar surface area (TPSA) is 105 Å². The van der Waals surface area contributed by atoms with Gasteiger partial charge in [0.05, 0.1) is 0 Å². The first-order valence-electron chi connectivity index (χ1n) is 12.0. The number of hydrogen-bond acceptors (Lipinski definition) is 4. The second-order valence-corrected chi connectivity index (χ2v) is 8.84. The van der Waals surface area contributed by atoms with Crippen LogP contribution < -0.4 is 10.6 Å². The van der Waals surface area contributed by atoms with E-state index in [-0.39, 0.29) is 36.8 Å². The molecule has 2 atom stereocenters. The van der Waals surface area contributed by atoms with Crippen LogP contribution in [0.2, 0.25) is 0 Å². The number of carbonyl (C=O) groups is 3. The fraction of sp³-hybridized carbons (Fsp3) is 0.444. The third-order valence-corrected chi connectivity index (χ3v) is 6.42. The van der Waals surface area contributed by atoms with E-state index < -0.39 is 12.1 Å². The van der Waals surface area contributed by atoms with Crippen LogP contribution in [0.5, 0.6) is 0 Å². The van der Waals surface area contributed by atoms with Crippen molar-refractivity contribution in [2.75, 3.05) is 13.2 Å². The quantitative estimate of drug-likeness (QED) is 0.393. The number of carboxylic acid groups (broad SMARTS) is 1. The standard InChI is InChI=1S/C27H34N2O5/c1-3-19(14-15-25(30)31)29-26(32)18(2)9-8-16-28-27(33)34-17-24-22-12-6-4-10-20(22)21-11-5-7-13-23(21)24/h4-7,10-13,18-19,24H,3,8-9,14-17H2,1-2H3,(H,28,33)(H,29,32)(H,30,31). The van der Waals surface area contributed by atoms with Crippen molar-refractivity contribution < 1.29 is 24.2 Å². The van der Waals surface area contributed by atoms with E-state index in [9.17, 15) is 14.4 Å². The van der Waals surface area contributed by atoms with Crippen LogP contribution in [0.4, 0.5) is 4.79 Å². The summed E-state index contributed by atoms with van der Waals surface area (Å²) in [5.41, 5.74) is 4.72. The zero-order chi connectivity index (χ0) is 24.5. The van der Waals surface area contributed by atoms with Crippen LogP contribution in [-0.4, -0.2) is 42.3 Å². The number of alkyl carbamates (subject to hydrolysis) is 1. The van der Waals surface area contributed by atoms with Crippen molar-refractivity contribution >= 4 is 18.0 Å². The molecule has 182 valence electrons. The van der Waals surface area contributed by atoms with Gasteiger partial charge < -0.3 is 20.5 Å². The number of benzene rings is 2. The Morgan fingerprint density at radius 1 is 1.00 bits per heavy atom. The molecule has 2 aromatic carbocycles. The molecule has 3 rings (SSSR count). The summed E-state index contributed by atoms with van der Waals surface area (Å²) < 4.78 is 5.53. The second kappa shape index (κ2) is 12.2. The van der Waals surface area contributed by atoms with E-state index in [1.54, 1.807) is 0 Å². The van der Waals surface area contributed by atoms with Crippen LogP contribution in [-0.2, 0) is 14.3 Å². The number of amides is 2. The number of fused-ring (bicyclic) bond motifs is 3. The molecule has 0 saturated heterocycles. The average Bonchev–Trinajstić information content (AvgIpc) is 3.16. The summed E-state index contributed by atoms with van der Waals surface area (Å²) in [5, 5.41) is 14.5. The smallest absolute Gasteiger partial charge is 0.407 e. The van der Waals surface area contributed by atoms with E-state index in [0.29, 0.717) is 32.2 Å². The van der Waals surface area contributed by atoms with Gasteiger partial charge in [-0.25, -0.2) is 4.79 Å². The lowest BCUT2D eigenvalue weighted by atomic mass is 9.98. The number of aliphatic carboxylic acids is 1. The third-order valence-electron chi connectivity index (χ3n) is 6.42. The summed E-state index contributed by atoms with van der Waals surface area (Å²) >= 11 is 0. The highest BCUT2D eigenvalue weighted by Gasteiger charge is 2.29. The van der Waals surface area contributed by atoms with E-state index in [1.807, 2.05) is 38.1 Å². The molecule has 2 amide bonds. The lowest BCUT2D eigenvalue weighted by molar-refractivity contribution is -0.137. The SMILES string of the molecule is CCC(CCC(=O)O)NC(=O)C(C)CCCNC(=O)OCC1c2ccccc2-c2ccccc21. The number of carbonyl (C=O) groups excluding carboxylic acids is 2. The van der Waals surface area contributed by atoms with Crippen LogP contribution in [0.15, 0.2) is 48.5 Å². The van der Waals surface area contributed by atoms with Crippen molar-refractivity contribution in [2.24, 2.45) is 5.92 Å². The Balaban J connectivity index is 1.38. The molecule has 7 heteroatoms. The minimum Gasteiger partial charge on any atom is -0.481 e. The van der Waals surface area contributed by atoms with Crippen molar-refractivity contribution in [3.8, 4) is 11.1 Å². The van der Waals surface area contributed by atoms with E-state index in [2.05, 4.69) is 34.9 Å². The van der Waals surface area contributed by atoms with Gasteiger partial charge in [0.15, 0.2) is 0 Å². The van der Waals surface area contributed by atoms with Gasteiger partial charge in [-0.1, -0.05) is 62.4 Å². The molecule has 2 unspecified atom stereocenters. The first kappa shape index (κ1) is 25.3. The molecule has 34 heavy (non-hydrogen) atoms. The summed E-state index contributed by atoms with van der Waals surface area (Å²) in [6.45, 7) is 4.46. The predicted molar refractivity (Wildman–Crippen MR) is 131 cm³/mol. The Morgan fingerprint density at radius 2 is 1.62 bits per heavy atom. The molecule has 0 heterocycles. The van der Waals surface area contributed by atoms with Gasteiger partial charge in [-0.15, -0.1) is 0 Å². The molecule has 7 nitrogen and oxygen atoms in total. The summed E-state index contributed by atoms with van der Waals surface area (Å²) in [5.74, 6) is -1.14. The summed E-state index contributed by atoms with van der Waals surface area (Å²) in [6, 6.07) is 16.3. The first-order valence-corrected chi connectivity index (χ1v) is 12.0. The van der Waals surface area contributed by atoms with Crippen LogP contribution >= 0.6 is 0 Å². The zero-order valence-corrected chi connectivity index (χ0v) is 19.9. The van der Waals surface area contributed by atoms with Gasteiger partial charge in [0.2, 0.25) is 5.91 Å². The van der Waals surface area contributed by atoms with Crippen LogP contribution in [0.25, 0.3) is 11.1 Å². The Bertz CT molecular complexity index is 961. The van der Waals surface area contributed by atoms with E-state index in [0.717, 1.165) is 0 Å². The number of nitrogens with one attached hydrogen (secondary N) is 2. The van der Waals surface area contributed by atoms with Gasteiger partial charge in [0.25, 0.3) is 0 Å². The molecule has 3 N–H and O–H groups in total. The minimum atomic E-state index is -0.861. The highest BCUT2D eigenvalue weighted by atomic mass is 16.5. The molecule has 1 aliphatic carbocycles. The fourth-order valence-electron chi connectivity index (χ4n) is 4.40. The summed E-state index contributed by atoms with van der Waals surface area (Å²) in [7, 11) is 0. The number of carboxylic acids is 1. The highest BCUT2D eigenvalue weighted by Crippen LogP contribution is 2.44. The molecule has 0 spiro atoms. The maximum Gasteiger partial charge on any atom is 0.407 e. The zero-order valence-electron chi connectivity index (χ0n) is 19.9.